The molecule has 0 bridgehead atoms. The molecule has 6 nitrogen and oxygen atoms in total. The van der Waals surface area contributed by atoms with E-state index in [9.17, 15) is 14.7 Å². The van der Waals surface area contributed by atoms with Gasteiger partial charge < -0.3 is 15.2 Å². The Morgan fingerprint density at radius 3 is 2.59 bits per heavy atom. The summed E-state index contributed by atoms with van der Waals surface area (Å²) in [5.74, 6) is 4.46. The maximum atomic E-state index is 11.9. The second-order valence-corrected chi connectivity index (χ2v) is 5.75. The van der Waals surface area contributed by atoms with Crippen LogP contribution in [0.3, 0.4) is 0 Å². The number of rotatable bonds is 3. The molecule has 0 saturated carbocycles. The van der Waals surface area contributed by atoms with Gasteiger partial charge in [-0.1, -0.05) is 11.8 Å². The van der Waals surface area contributed by atoms with Crippen molar-refractivity contribution in [3.8, 4) is 17.6 Å². The fourth-order valence-corrected chi connectivity index (χ4v) is 1.45. The Kier molecular flexibility index (Phi) is 5.52. The van der Waals surface area contributed by atoms with Crippen LogP contribution < -0.4 is 5.32 Å². The van der Waals surface area contributed by atoms with Gasteiger partial charge in [0, 0.05) is 11.0 Å². The molecule has 0 unspecified atom stereocenters. The minimum atomic E-state index is -0.652. The normalized spacial score (nSPS) is 10.4. The summed E-state index contributed by atoms with van der Waals surface area (Å²) in [6, 6.07) is 1.40. The standard InChI is InChI=1S/C16H20N2O4/c1-10-11(6-7-16(2,3)4)8-12(19)14(18-10)15(21)17-9-13(20)22-5/h8,19H,9H2,1-5H3,(H,17,21). The predicted molar refractivity (Wildman–Crippen MR) is 81.3 cm³/mol. The van der Waals surface area contributed by atoms with Gasteiger partial charge in [-0.05, 0) is 33.8 Å². The van der Waals surface area contributed by atoms with Gasteiger partial charge in [0.05, 0.1) is 12.8 Å². The first kappa shape index (κ1) is 17.5. The van der Waals surface area contributed by atoms with Crippen molar-refractivity contribution in [3.63, 3.8) is 0 Å². The number of aromatic hydroxyl groups is 1. The van der Waals surface area contributed by atoms with Crippen molar-refractivity contribution in [2.45, 2.75) is 27.7 Å². The highest BCUT2D eigenvalue weighted by atomic mass is 16.5. The Morgan fingerprint density at radius 2 is 2.05 bits per heavy atom. The van der Waals surface area contributed by atoms with Crippen molar-refractivity contribution in [1.82, 2.24) is 10.3 Å². The summed E-state index contributed by atoms with van der Waals surface area (Å²) in [6.07, 6.45) is 0. The number of ether oxygens (including phenoxy) is 1. The van der Waals surface area contributed by atoms with Crippen molar-refractivity contribution in [2.24, 2.45) is 5.41 Å². The molecule has 0 atom stereocenters. The number of amides is 1. The zero-order valence-electron chi connectivity index (χ0n) is 13.4. The molecule has 6 heteroatoms. The summed E-state index contributed by atoms with van der Waals surface area (Å²) in [5.41, 5.74) is 0.746. The van der Waals surface area contributed by atoms with Gasteiger partial charge in [0.1, 0.15) is 12.3 Å². The lowest BCUT2D eigenvalue weighted by atomic mass is 9.97. The van der Waals surface area contributed by atoms with Crippen LogP contribution in [0.2, 0.25) is 0 Å². The fraction of sp³-hybridized carbons (Fsp3) is 0.438. The lowest BCUT2D eigenvalue weighted by Gasteiger charge is -2.09. The van der Waals surface area contributed by atoms with E-state index in [1.54, 1.807) is 6.92 Å². The van der Waals surface area contributed by atoms with Crippen LogP contribution in [-0.2, 0) is 9.53 Å². The molecule has 22 heavy (non-hydrogen) atoms. The van der Waals surface area contributed by atoms with Crippen LogP contribution in [-0.4, -0.2) is 35.6 Å². The van der Waals surface area contributed by atoms with Crippen LogP contribution in [0.5, 0.6) is 5.75 Å². The molecule has 2 N–H and O–H groups in total. The van der Waals surface area contributed by atoms with Crippen LogP contribution >= 0.6 is 0 Å². The number of nitrogens with one attached hydrogen (secondary N) is 1. The molecular weight excluding hydrogens is 284 g/mol. The van der Waals surface area contributed by atoms with E-state index in [2.05, 4.69) is 26.9 Å². The molecular formula is C16H20N2O4. The number of aryl methyl sites for hydroxylation is 1. The minimum absolute atomic E-state index is 0.150. The third-order valence-electron chi connectivity index (χ3n) is 2.60. The average molecular weight is 304 g/mol. The topological polar surface area (TPSA) is 88.5 Å². The van der Waals surface area contributed by atoms with Crippen LogP contribution in [0.1, 0.15) is 42.5 Å². The SMILES string of the molecule is COC(=O)CNC(=O)c1nc(C)c(C#CC(C)(C)C)cc1O. The summed E-state index contributed by atoms with van der Waals surface area (Å²) in [4.78, 5) is 26.9. The monoisotopic (exact) mass is 304 g/mol. The van der Waals surface area contributed by atoms with E-state index in [1.807, 2.05) is 20.8 Å². The third kappa shape index (κ3) is 5.09. The molecule has 0 saturated heterocycles. The van der Waals surface area contributed by atoms with Crippen LogP contribution in [0, 0.1) is 24.2 Å². The first-order chi connectivity index (χ1) is 10.1. The van der Waals surface area contributed by atoms with Crippen molar-refractivity contribution >= 4 is 11.9 Å². The summed E-state index contributed by atoms with van der Waals surface area (Å²) in [7, 11) is 1.22. The maximum absolute atomic E-state index is 11.9. The summed E-state index contributed by atoms with van der Waals surface area (Å²) in [6.45, 7) is 7.32. The molecule has 1 amide bonds. The maximum Gasteiger partial charge on any atom is 0.325 e. The molecule has 118 valence electrons. The zero-order chi connectivity index (χ0) is 16.9. The Morgan fingerprint density at radius 1 is 1.41 bits per heavy atom. The van der Waals surface area contributed by atoms with E-state index in [0.717, 1.165) is 0 Å². The van der Waals surface area contributed by atoms with Crippen molar-refractivity contribution in [1.29, 1.82) is 0 Å². The summed E-state index contributed by atoms with van der Waals surface area (Å²) >= 11 is 0. The van der Waals surface area contributed by atoms with Gasteiger partial charge in [-0.15, -0.1) is 0 Å². The van der Waals surface area contributed by atoms with Crippen molar-refractivity contribution in [3.05, 3.63) is 23.0 Å². The van der Waals surface area contributed by atoms with Gasteiger partial charge in [0.15, 0.2) is 5.69 Å². The lowest BCUT2D eigenvalue weighted by molar-refractivity contribution is -0.139. The number of carbonyl (C=O) groups is 2. The Labute approximate surface area is 129 Å². The lowest BCUT2D eigenvalue weighted by Crippen LogP contribution is -2.31. The fourth-order valence-electron chi connectivity index (χ4n) is 1.45. The van der Waals surface area contributed by atoms with Crippen LogP contribution in [0.25, 0.3) is 0 Å². The number of hydrogen-bond acceptors (Lipinski definition) is 5. The van der Waals surface area contributed by atoms with Crippen molar-refractivity contribution < 1.29 is 19.4 Å². The number of hydrogen-bond donors (Lipinski definition) is 2. The third-order valence-corrected chi connectivity index (χ3v) is 2.60. The van der Waals surface area contributed by atoms with E-state index >= 15 is 0 Å². The Bertz CT molecular complexity index is 649. The van der Waals surface area contributed by atoms with E-state index < -0.39 is 11.9 Å². The largest absolute Gasteiger partial charge is 0.505 e. The molecule has 0 aliphatic heterocycles. The zero-order valence-corrected chi connectivity index (χ0v) is 13.4. The molecule has 0 spiro atoms. The number of pyridine rings is 1. The molecule has 0 aliphatic rings. The molecule has 1 rings (SSSR count). The summed E-state index contributed by atoms with van der Waals surface area (Å²) in [5, 5.41) is 12.3. The van der Waals surface area contributed by atoms with Gasteiger partial charge in [0.2, 0.25) is 0 Å². The molecule has 0 radical (unpaired) electrons. The molecule has 0 aromatic carbocycles. The Balaban J connectivity index is 3.01. The first-order valence-electron chi connectivity index (χ1n) is 6.73. The van der Waals surface area contributed by atoms with Gasteiger partial charge in [0.25, 0.3) is 5.91 Å². The average Bonchev–Trinajstić information content (AvgIpc) is 2.43. The first-order valence-corrected chi connectivity index (χ1v) is 6.73. The highest BCUT2D eigenvalue weighted by Crippen LogP contribution is 2.19. The number of aromatic nitrogens is 1. The number of nitrogens with zero attached hydrogens (tertiary/aromatic N) is 1. The van der Waals surface area contributed by atoms with E-state index in [4.69, 9.17) is 0 Å². The highest BCUT2D eigenvalue weighted by molar-refractivity contribution is 5.96. The summed E-state index contributed by atoms with van der Waals surface area (Å²) < 4.78 is 4.42. The Hall–Kier alpha value is -2.55. The second-order valence-electron chi connectivity index (χ2n) is 5.75. The minimum Gasteiger partial charge on any atom is -0.505 e. The number of carbonyl (C=O) groups excluding carboxylic acids is 2. The van der Waals surface area contributed by atoms with Crippen LogP contribution in [0.4, 0.5) is 0 Å². The molecule has 1 aromatic rings. The van der Waals surface area contributed by atoms with Gasteiger partial charge in [-0.2, -0.15) is 0 Å². The quantitative estimate of drug-likeness (QED) is 0.651. The van der Waals surface area contributed by atoms with Gasteiger partial charge >= 0.3 is 5.97 Å². The number of methoxy groups -OCH3 is 1. The van der Waals surface area contributed by atoms with E-state index in [1.165, 1.54) is 13.2 Å². The highest BCUT2D eigenvalue weighted by Gasteiger charge is 2.16. The van der Waals surface area contributed by atoms with Gasteiger partial charge in [-0.3, -0.25) is 9.59 Å². The number of esters is 1. The van der Waals surface area contributed by atoms with E-state index in [-0.39, 0.29) is 23.4 Å². The van der Waals surface area contributed by atoms with Crippen LogP contribution in [0.15, 0.2) is 6.07 Å². The molecule has 1 aromatic heterocycles. The molecule has 0 fully saturated rings. The van der Waals surface area contributed by atoms with E-state index in [0.29, 0.717) is 11.3 Å². The molecule has 0 aliphatic carbocycles. The molecule has 1 heterocycles. The second kappa shape index (κ2) is 6.94. The predicted octanol–water partition coefficient (Wildman–Crippen LogP) is 1.40. The smallest absolute Gasteiger partial charge is 0.325 e. The van der Waals surface area contributed by atoms with Crippen molar-refractivity contribution in [2.75, 3.05) is 13.7 Å². The van der Waals surface area contributed by atoms with Gasteiger partial charge in [-0.25, -0.2) is 4.98 Å².